The summed E-state index contributed by atoms with van der Waals surface area (Å²) in [4.78, 5) is 21.2. The Balaban J connectivity index is 1.21. The molecule has 9 nitrogen and oxygen atoms in total. The molecule has 2 aliphatic rings. The SMILES string of the molecule is O=C(O)Cn1nnc(-c2cnc(N3CC4(C3)CN(c3cccc(F)c3Cl)C4)s2)n1. The molecule has 0 aliphatic carbocycles. The van der Waals surface area contributed by atoms with Gasteiger partial charge in [0.05, 0.1) is 21.8 Å². The first-order valence-electron chi connectivity index (χ1n) is 8.82. The van der Waals surface area contributed by atoms with Crippen LogP contribution in [0.3, 0.4) is 0 Å². The highest BCUT2D eigenvalue weighted by atomic mass is 35.5. The third-order valence-electron chi connectivity index (χ3n) is 5.09. The van der Waals surface area contributed by atoms with Gasteiger partial charge in [-0.25, -0.2) is 9.37 Å². The van der Waals surface area contributed by atoms with E-state index in [1.54, 1.807) is 12.3 Å². The van der Waals surface area contributed by atoms with Gasteiger partial charge in [-0.15, -0.1) is 10.2 Å². The van der Waals surface area contributed by atoms with Crippen molar-refractivity contribution in [3.8, 4) is 10.7 Å². The average molecular weight is 436 g/mol. The van der Waals surface area contributed by atoms with Crippen LogP contribution >= 0.6 is 22.9 Å². The minimum absolute atomic E-state index is 0.171. The van der Waals surface area contributed by atoms with E-state index in [1.807, 2.05) is 6.07 Å². The second kappa shape index (κ2) is 6.63. The maximum Gasteiger partial charge on any atom is 0.327 e. The van der Waals surface area contributed by atoms with Crippen molar-refractivity contribution in [3.05, 3.63) is 35.2 Å². The van der Waals surface area contributed by atoms with Crippen molar-refractivity contribution in [2.75, 3.05) is 36.0 Å². The summed E-state index contributed by atoms with van der Waals surface area (Å²) in [6, 6.07) is 4.88. The van der Waals surface area contributed by atoms with Gasteiger partial charge in [0.1, 0.15) is 5.82 Å². The van der Waals surface area contributed by atoms with Crippen molar-refractivity contribution in [2.24, 2.45) is 5.41 Å². The number of aromatic nitrogens is 5. The van der Waals surface area contributed by atoms with Crippen LogP contribution in [0.5, 0.6) is 0 Å². The van der Waals surface area contributed by atoms with E-state index in [9.17, 15) is 9.18 Å². The lowest BCUT2D eigenvalue weighted by Crippen LogP contribution is -2.72. The number of hydrogen-bond acceptors (Lipinski definition) is 8. The van der Waals surface area contributed by atoms with Gasteiger partial charge < -0.3 is 14.9 Å². The standard InChI is InChI=1S/C17H15ClFN7O2S/c18-14-10(19)2-1-3-11(14)24-6-17(7-24)8-25(9-17)16-20-4-12(29-16)15-21-23-26(22-15)5-13(27)28/h1-4H,5-9H2,(H,27,28). The summed E-state index contributed by atoms with van der Waals surface area (Å²) in [5.74, 6) is -1.07. The molecule has 1 aromatic carbocycles. The predicted molar refractivity (Wildman–Crippen MR) is 105 cm³/mol. The fraction of sp³-hybridized carbons (Fsp3) is 0.353. The normalized spacial score (nSPS) is 17.3. The van der Waals surface area contributed by atoms with Gasteiger partial charge in [-0.1, -0.05) is 29.0 Å². The van der Waals surface area contributed by atoms with Gasteiger partial charge in [-0.2, -0.15) is 4.80 Å². The van der Waals surface area contributed by atoms with Crippen LogP contribution in [0, 0.1) is 11.2 Å². The maximum atomic E-state index is 13.7. The van der Waals surface area contributed by atoms with Crippen molar-refractivity contribution >= 4 is 39.7 Å². The zero-order chi connectivity index (χ0) is 20.2. The second-order valence-electron chi connectivity index (χ2n) is 7.33. The van der Waals surface area contributed by atoms with E-state index in [4.69, 9.17) is 16.7 Å². The van der Waals surface area contributed by atoms with Gasteiger partial charge in [-0.05, 0) is 17.3 Å². The molecule has 1 N–H and O–H groups in total. The lowest BCUT2D eigenvalue weighted by Gasteiger charge is -2.61. The minimum atomic E-state index is -1.03. The van der Waals surface area contributed by atoms with Gasteiger partial charge >= 0.3 is 5.97 Å². The highest BCUT2D eigenvalue weighted by Gasteiger charge is 2.52. The number of benzene rings is 1. The Kier molecular flexibility index (Phi) is 4.17. The number of nitrogens with zero attached hydrogens (tertiary/aromatic N) is 7. The molecule has 4 heterocycles. The first-order valence-corrected chi connectivity index (χ1v) is 10.0. The molecule has 1 spiro atoms. The molecule has 0 radical (unpaired) electrons. The summed E-state index contributed by atoms with van der Waals surface area (Å²) in [6.45, 7) is 3.05. The van der Waals surface area contributed by atoms with Crippen LogP contribution in [0.15, 0.2) is 24.4 Å². The van der Waals surface area contributed by atoms with Crippen molar-refractivity contribution in [1.82, 2.24) is 25.2 Å². The number of aliphatic carboxylic acids is 1. The predicted octanol–water partition coefficient (Wildman–Crippen LogP) is 2.00. The van der Waals surface area contributed by atoms with E-state index in [0.29, 0.717) is 5.82 Å². The lowest BCUT2D eigenvalue weighted by atomic mass is 9.73. The van der Waals surface area contributed by atoms with Crippen LogP contribution in [0.25, 0.3) is 10.7 Å². The van der Waals surface area contributed by atoms with Gasteiger partial charge in [0.15, 0.2) is 11.7 Å². The zero-order valence-corrected chi connectivity index (χ0v) is 16.6. The minimum Gasteiger partial charge on any atom is -0.480 e. The molecule has 150 valence electrons. The summed E-state index contributed by atoms with van der Waals surface area (Å²) >= 11 is 7.53. The number of rotatable bonds is 5. The molecule has 29 heavy (non-hydrogen) atoms. The van der Waals surface area contributed by atoms with E-state index >= 15 is 0 Å². The van der Waals surface area contributed by atoms with Crippen LogP contribution in [0.4, 0.5) is 15.2 Å². The van der Waals surface area contributed by atoms with Crippen molar-refractivity contribution in [1.29, 1.82) is 0 Å². The number of hydrogen-bond donors (Lipinski definition) is 1. The summed E-state index contributed by atoms with van der Waals surface area (Å²) in [7, 11) is 0. The summed E-state index contributed by atoms with van der Waals surface area (Å²) < 4.78 is 13.7. The third-order valence-corrected chi connectivity index (χ3v) is 6.52. The third kappa shape index (κ3) is 3.19. The molecule has 0 bridgehead atoms. The number of halogens is 2. The highest BCUT2D eigenvalue weighted by Crippen LogP contribution is 2.46. The summed E-state index contributed by atoms with van der Waals surface area (Å²) in [6.07, 6.45) is 1.67. The fourth-order valence-corrected chi connectivity index (χ4v) is 4.90. The molecule has 0 atom stereocenters. The average Bonchev–Trinajstić information content (AvgIpc) is 3.25. The first-order chi connectivity index (χ1) is 13.9. The smallest absolute Gasteiger partial charge is 0.327 e. The van der Waals surface area contributed by atoms with Crippen molar-refractivity contribution in [2.45, 2.75) is 6.54 Å². The Bertz CT molecular complexity index is 1090. The molecule has 2 saturated heterocycles. The van der Waals surface area contributed by atoms with E-state index in [2.05, 4.69) is 30.2 Å². The quantitative estimate of drug-likeness (QED) is 0.649. The zero-order valence-electron chi connectivity index (χ0n) is 15.0. The topological polar surface area (TPSA) is 100 Å². The molecule has 3 aromatic rings. The second-order valence-corrected chi connectivity index (χ2v) is 8.72. The van der Waals surface area contributed by atoms with Gasteiger partial charge in [0.2, 0.25) is 5.82 Å². The number of carboxylic acid groups (broad SMARTS) is 1. The largest absolute Gasteiger partial charge is 0.480 e. The molecular weight excluding hydrogens is 421 g/mol. The molecule has 0 saturated carbocycles. The van der Waals surface area contributed by atoms with E-state index in [1.165, 1.54) is 17.4 Å². The van der Waals surface area contributed by atoms with Crippen LogP contribution in [0.1, 0.15) is 0 Å². The van der Waals surface area contributed by atoms with E-state index in [-0.39, 0.29) is 17.0 Å². The Morgan fingerprint density at radius 2 is 2.03 bits per heavy atom. The Labute approximate surface area is 173 Å². The van der Waals surface area contributed by atoms with Gasteiger partial charge in [-0.3, -0.25) is 4.79 Å². The Hall–Kier alpha value is -2.79. The molecule has 2 aliphatic heterocycles. The van der Waals surface area contributed by atoms with Gasteiger partial charge in [0, 0.05) is 31.6 Å². The maximum absolute atomic E-state index is 13.7. The van der Waals surface area contributed by atoms with Gasteiger partial charge in [0.25, 0.3) is 0 Å². The van der Waals surface area contributed by atoms with Crippen LogP contribution in [0.2, 0.25) is 5.02 Å². The lowest BCUT2D eigenvalue weighted by molar-refractivity contribution is -0.138. The summed E-state index contributed by atoms with van der Waals surface area (Å²) in [5, 5.41) is 21.5. The van der Waals surface area contributed by atoms with Crippen LogP contribution in [-0.2, 0) is 11.3 Å². The van der Waals surface area contributed by atoms with E-state index in [0.717, 1.165) is 46.7 Å². The molecule has 0 unspecified atom stereocenters. The fourth-order valence-electron chi connectivity index (χ4n) is 3.81. The first kappa shape index (κ1) is 18.3. The van der Waals surface area contributed by atoms with Crippen molar-refractivity contribution in [3.63, 3.8) is 0 Å². The van der Waals surface area contributed by atoms with Crippen LogP contribution < -0.4 is 9.80 Å². The Morgan fingerprint density at radius 3 is 2.79 bits per heavy atom. The molecule has 0 amide bonds. The van der Waals surface area contributed by atoms with Crippen LogP contribution in [-0.4, -0.2) is 62.4 Å². The molecule has 12 heteroatoms. The molecular formula is C17H15ClFN7O2S. The molecule has 2 aromatic heterocycles. The van der Waals surface area contributed by atoms with Crippen molar-refractivity contribution < 1.29 is 14.3 Å². The number of carboxylic acids is 1. The number of anilines is 2. The number of thiazole rings is 1. The molecule has 5 rings (SSSR count). The highest BCUT2D eigenvalue weighted by molar-refractivity contribution is 7.18. The number of carbonyl (C=O) groups is 1. The number of tetrazole rings is 1. The summed E-state index contributed by atoms with van der Waals surface area (Å²) in [5.41, 5.74) is 0.910. The monoisotopic (exact) mass is 435 g/mol. The molecule has 2 fully saturated rings. The Morgan fingerprint density at radius 1 is 1.28 bits per heavy atom. The van der Waals surface area contributed by atoms with E-state index < -0.39 is 11.8 Å².